The lowest BCUT2D eigenvalue weighted by molar-refractivity contribution is 0.0732. The minimum absolute atomic E-state index is 0.500. The minimum Gasteiger partial charge on any atom is -0.0649 e. The topological polar surface area (TPSA) is 0 Å². The summed E-state index contributed by atoms with van der Waals surface area (Å²) < 4.78 is 0. The standard InChI is InChI=1S/C11H22.C11H24.C10H20.C10H22.C9H18.C9H20.C8H18.C7H16.C6H14.C5H12/c1-4-11(2,3)10-8-6-5-7-9-10;1-8(2)11(7,9(3)4)10(5)6;1-10(2,3)9-7-5-4-6-8-9;1-7-10(6,8(2)3)9(4)5;1-9(2,3)8-6-4-5-7-8;1-7(2)9(5,6)8(3)4;1-5-8(4,6-2)7-3;1-5-7(3,4)6-2;1-5-6(2,3)4;1-5(2,3)4/h10H,4-9H2,1-3H3;8-10H,1-7H3;9H,4-8H2,1-3H3;8-9H,7H2,1-6H3;8H,4-7H2,1-3H3;7-8H,1-6H3;5-7H2,1-4H3;5-6H2,1-4H3;5H2,1-4H3;1-4H3. The summed E-state index contributed by atoms with van der Waals surface area (Å²) in [5.74, 6) is 8.55. The number of hydrogen-bond acceptors (Lipinski definition) is 0. The van der Waals surface area contributed by atoms with Crippen molar-refractivity contribution >= 4 is 0 Å². The highest BCUT2D eigenvalue weighted by Crippen LogP contribution is 2.44. The van der Waals surface area contributed by atoms with Crippen molar-refractivity contribution in [1.82, 2.24) is 0 Å². The lowest BCUT2D eigenvalue weighted by atomic mass is 9.64. The Labute approximate surface area is 556 Å². The summed E-state index contributed by atoms with van der Waals surface area (Å²) in [6.45, 7) is 102. The van der Waals surface area contributed by atoms with Gasteiger partial charge in [-0.25, -0.2) is 0 Å². The Hall–Kier alpha value is 0. The van der Waals surface area contributed by atoms with Crippen LogP contribution in [0.2, 0.25) is 0 Å². The second kappa shape index (κ2) is 47.8. The normalized spacial score (nSPS) is 16.2. The second-order valence-electron chi connectivity index (χ2n) is 38.5. The largest absolute Gasteiger partial charge is 0.0649 e. The smallest absolute Gasteiger partial charge is 0.0257 e. The van der Waals surface area contributed by atoms with E-state index in [1.807, 2.05) is 0 Å². The van der Waals surface area contributed by atoms with E-state index in [2.05, 4.69) is 305 Å². The predicted octanol–water partition coefficient (Wildman–Crippen LogP) is 32.4. The molecule has 0 atom stereocenters. The zero-order valence-electron chi connectivity index (χ0n) is 70.3. The molecule has 86 heavy (non-hydrogen) atoms. The summed E-state index contributed by atoms with van der Waals surface area (Å²) in [5.41, 5.74) is 5.55. The molecule has 0 heteroatoms. The van der Waals surface area contributed by atoms with Gasteiger partial charge < -0.3 is 0 Å². The van der Waals surface area contributed by atoms with Crippen molar-refractivity contribution in [3.63, 3.8) is 0 Å². The minimum atomic E-state index is 0.500. The molecule has 3 rings (SSSR count). The van der Waals surface area contributed by atoms with Crippen molar-refractivity contribution in [3.05, 3.63) is 0 Å². The molecule has 3 saturated carbocycles. The summed E-state index contributed by atoms with van der Waals surface area (Å²) in [6, 6.07) is 0. The molecular formula is C86H186. The van der Waals surface area contributed by atoms with E-state index in [9.17, 15) is 0 Å². The molecule has 3 aliphatic carbocycles. The van der Waals surface area contributed by atoms with E-state index in [-0.39, 0.29) is 0 Å². The van der Waals surface area contributed by atoms with Gasteiger partial charge in [-0.3, -0.25) is 0 Å². The third kappa shape index (κ3) is 50.5. The lowest BCUT2D eigenvalue weighted by Crippen LogP contribution is -2.34. The molecule has 530 valence electrons. The van der Waals surface area contributed by atoms with Crippen molar-refractivity contribution < 1.29 is 0 Å². The van der Waals surface area contributed by atoms with Gasteiger partial charge in [-0.05, 0) is 152 Å². The molecule has 0 saturated heterocycles. The first-order valence-corrected chi connectivity index (χ1v) is 38.4. The fraction of sp³-hybridized carbons (Fsp3) is 1.00. The summed E-state index contributed by atoms with van der Waals surface area (Å²) >= 11 is 0. The zero-order valence-corrected chi connectivity index (χ0v) is 70.3. The highest BCUT2D eigenvalue weighted by atomic mass is 14.4. The van der Waals surface area contributed by atoms with Crippen LogP contribution in [-0.2, 0) is 0 Å². The number of hydrogen-bond donors (Lipinski definition) is 0. The van der Waals surface area contributed by atoms with Crippen molar-refractivity contribution in [2.75, 3.05) is 0 Å². The molecule has 0 amide bonds. The van der Waals surface area contributed by atoms with Crippen LogP contribution in [0.4, 0.5) is 0 Å². The summed E-state index contributed by atoms with van der Waals surface area (Å²) in [6.07, 6.45) is 31.2. The fourth-order valence-corrected chi connectivity index (χ4v) is 11.1. The first-order valence-electron chi connectivity index (χ1n) is 38.4. The van der Waals surface area contributed by atoms with Gasteiger partial charge in [0, 0.05) is 0 Å². The Morgan fingerprint density at radius 1 is 0.267 bits per heavy atom. The van der Waals surface area contributed by atoms with Gasteiger partial charge in [0.25, 0.3) is 0 Å². The maximum atomic E-state index is 2.43. The van der Waals surface area contributed by atoms with Crippen LogP contribution in [0.3, 0.4) is 0 Å². The molecule has 0 bridgehead atoms. The van der Waals surface area contributed by atoms with E-state index >= 15 is 0 Å². The maximum Gasteiger partial charge on any atom is -0.0257 e. The lowest BCUT2D eigenvalue weighted by Gasteiger charge is -2.41. The first-order chi connectivity index (χ1) is 38.4. The van der Waals surface area contributed by atoms with Gasteiger partial charge in [-0.2, -0.15) is 0 Å². The SMILES string of the molecule is CC(C)(C)C.CC(C)(C)C1CCCC1.CC(C)(C)C1CCCCC1.CC(C)C(C)(C(C)C)C(C)C.CC(C)C(C)(C)C(C)C.CCC(C)(C(C)C)C(C)C.CCC(C)(C)C.CCC(C)(C)C1CCCCC1.CCC(C)(C)CC.CCC(C)(CC)CC. The summed E-state index contributed by atoms with van der Waals surface area (Å²) in [7, 11) is 0. The summed E-state index contributed by atoms with van der Waals surface area (Å²) in [5, 5.41) is 0. The van der Waals surface area contributed by atoms with Crippen LogP contribution in [0.5, 0.6) is 0 Å². The van der Waals surface area contributed by atoms with Gasteiger partial charge in [-0.15, -0.1) is 0 Å². The van der Waals surface area contributed by atoms with Crippen molar-refractivity contribution in [3.8, 4) is 0 Å². The second-order valence-corrected chi connectivity index (χ2v) is 38.5. The monoisotopic (exact) mass is 1220 g/mol. The van der Waals surface area contributed by atoms with Crippen LogP contribution >= 0.6 is 0 Å². The van der Waals surface area contributed by atoms with E-state index in [4.69, 9.17) is 0 Å². The van der Waals surface area contributed by atoms with Crippen molar-refractivity contribution in [2.45, 2.75) is 446 Å². The van der Waals surface area contributed by atoms with Crippen LogP contribution in [0.1, 0.15) is 446 Å². The van der Waals surface area contributed by atoms with Crippen LogP contribution in [0, 0.1) is 113 Å². The zero-order chi connectivity index (χ0) is 70.3. The third-order valence-electron chi connectivity index (χ3n) is 24.7. The Bertz CT molecular complexity index is 1370. The molecule has 0 unspecified atom stereocenters. The quantitative estimate of drug-likeness (QED) is 0.153. The molecule has 0 nitrogen and oxygen atoms in total. The highest BCUT2D eigenvalue weighted by molar-refractivity contribution is 4.84. The van der Waals surface area contributed by atoms with E-state index in [1.54, 1.807) is 0 Å². The highest BCUT2D eigenvalue weighted by Gasteiger charge is 2.35. The van der Waals surface area contributed by atoms with Crippen molar-refractivity contribution in [1.29, 1.82) is 0 Å². The molecule has 0 aromatic rings. The molecule has 0 aromatic heterocycles. The summed E-state index contributed by atoms with van der Waals surface area (Å²) in [4.78, 5) is 0. The van der Waals surface area contributed by atoms with Crippen LogP contribution in [0.15, 0.2) is 0 Å². The maximum absolute atomic E-state index is 2.43. The van der Waals surface area contributed by atoms with Gasteiger partial charge >= 0.3 is 0 Å². The average Bonchev–Trinajstić information content (AvgIpc) is 3.98. The Morgan fingerprint density at radius 3 is 0.581 bits per heavy atom. The molecule has 3 aliphatic rings. The molecule has 0 radical (unpaired) electrons. The van der Waals surface area contributed by atoms with E-state index in [1.165, 1.54) is 141 Å². The average molecular weight is 1220 g/mol. The Kier molecular flexibility index (Phi) is 55.4. The molecule has 0 spiro atoms. The van der Waals surface area contributed by atoms with Crippen LogP contribution in [-0.4, -0.2) is 0 Å². The fourth-order valence-electron chi connectivity index (χ4n) is 11.1. The molecule has 0 N–H and O–H groups in total. The molecule has 0 heterocycles. The molecule has 0 aliphatic heterocycles. The van der Waals surface area contributed by atoms with E-state index in [0.717, 1.165) is 59.2 Å². The predicted molar refractivity (Wildman–Crippen MR) is 410 cm³/mol. The van der Waals surface area contributed by atoms with Crippen LogP contribution < -0.4 is 0 Å². The number of rotatable bonds is 15. The van der Waals surface area contributed by atoms with Gasteiger partial charge in [0.15, 0.2) is 0 Å². The van der Waals surface area contributed by atoms with E-state index < -0.39 is 0 Å². The Morgan fingerprint density at radius 2 is 0.500 bits per heavy atom. The van der Waals surface area contributed by atoms with Crippen LogP contribution in [0.25, 0.3) is 0 Å². The Balaban J connectivity index is -0.000000162. The third-order valence-corrected chi connectivity index (χ3v) is 24.7. The molecule has 0 aromatic carbocycles. The molecule has 3 fully saturated rings. The first kappa shape index (κ1) is 99.6. The van der Waals surface area contributed by atoms with Gasteiger partial charge in [-0.1, -0.05) is 407 Å². The van der Waals surface area contributed by atoms with Gasteiger partial charge in [0.2, 0.25) is 0 Å². The van der Waals surface area contributed by atoms with Gasteiger partial charge in [0.1, 0.15) is 0 Å². The molecular weight excluding hydrogens is 1030 g/mol. The van der Waals surface area contributed by atoms with Gasteiger partial charge in [0.05, 0.1) is 0 Å². The van der Waals surface area contributed by atoms with Crippen molar-refractivity contribution in [2.24, 2.45) is 113 Å². The van der Waals surface area contributed by atoms with E-state index in [0.29, 0.717) is 54.1 Å².